The number of morpholine rings is 1. The molecule has 2 aliphatic rings. The molecule has 2 aromatic carbocycles. The van der Waals surface area contributed by atoms with Crippen LogP contribution in [0.5, 0.6) is 5.75 Å². The molecule has 6 heteroatoms. The van der Waals surface area contributed by atoms with Gasteiger partial charge in [0, 0.05) is 42.9 Å². The zero-order valence-corrected chi connectivity index (χ0v) is 17.9. The molecule has 0 spiro atoms. The molecule has 1 unspecified atom stereocenters. The Balaban J connectivity index is 1.37. The van der Waals surface area contributed by atoms with E-state index in [9.17, 15) is 4.79 Å². The van der Waals surface area contributed by atoms with Crippen molar-refractivity contribution < 1.29 is 19.2 Å². The SMILES string of the molecule is COc1ccc(C[NH+](C2CC2)[C@@H](C)C(=O)Nc2ccc(N3CCOCC3)cc2)cc1. The molecule has 1 aliphatic carbocycles. The third kappa shape index (κ3) is 5.12. The van der Waals surface area contributed by atoms with E-state index in [-0.39, 0.29) is 11.9 Å². The largest absolute Gasteiger partial charge is 0.497 e. The number of carbonyl (C=O) groups excluding carboxylic acids is 1. The summed E-state index contributed by atoms with van der Waals surface area (Å²) in [5.74, 6) is 0.933. The van der Waals surface area contributed by atoms with Crippen molar-refractivity contribution in [2.24, 2.45) is 0 Å². The van der Waals surface area contributed by atoms with E-state index in [1.807, 2.05) is 31.2 Å². The fourth-order valence-corrected chi connectivity index (χ4v) is 4.08. The molecular weight excluding hydrogens is 378 g/mol. The van der Waals surface area contributed by atoms with Gasteiger partial charge in [-0.2, -0.15) is 0 Å². The monoisotopic (exact) mass is 410 g/mol. The van der Waals surface area contributed by atoms with Crippen molar-refractivity contribution in [3.05, 3.63) is 54.1 Å². The minimum Gasteiger partial charge on any atom is -0.497 e. The van der Waals surface area contributed by atoms with Gasteiger partial charge in [-0.15, -0.1) is 0 Å². The third-order valence-electron chi connectivity index (χ3n) is 6.13. The number of hydrogen-bond acceptors (Lipinski definition) is 4. The number of quaternary nitrogens is 1. The maximum absolute atomic E-state index is 13.0. The van der Waals surface area contributed by atoms with Gasteiger partial charge in [0.15, 0.2) is 6.04 Å². The van der Waals surface area contributed by atoms with Crippen LogP contribution in [0.3, 0.4) is 0 Å². The number of rotatable bonds is 8. The molecule has 1 saturated carbocycles. The van der Waals surface area contributed by atoms with Gasteiger partial charge >= 0.3 is 0 Å². The van der Waals surface area contributed by atoms with Crippen molar-refractivity contribution >= 4 is 17.3 Å². The van der Waals surface area contributed by atoms with E-state index in [1.165, 1.54) is 29.0 Å². The van der Waals surface area contributed by atoms with Crippen LogP contribution in [0.15, 0.2) is 48.5 Å². The highest BCUT2D eigenvalue weighted by Crippen LogP contribution is 2.20. The Bertz CT molecular complexity index is 828. The summed E-state index contributed by atoms with van der Waals surface area (Å²) >= 11 is 0. The Morgan fingerprint density at radius 2 is 1.80 bits per heavy atom. The first-order valence-electron chi connectivity index (χ1n) is 10.9. The minimum absolute atomic E-state index is 0.0736. The molecule has 0 bridgehead atoms. The van der Waals surface area contributed by atoms with Gasteiger partial charge in [0.1, 0.15) is 12.3 Å². The van der Waals surface area contributed by atoms with Crippen molar-refractivity contribution in [3.8, 4) is 5.75 Å². The predicted octanol–water partition coefficient (Wildman–Crippen LogP) is 2.11. The van der Waals surface area contributed by atoms with E-state index < -0.39 is 0 Å². The second kappa shape index (κ2) is 9.49. The number of hydrogen-bond donors (Lipinski definition) is 2. The summed E-state index contributed by atoms with van der Waals surface area (Å²) in [6, 6.07) is 16.8. The van der Waals surface area contributed by atoms with Gasteiger partial charge in [0.2, 0.25) is 0 Å². The van der Waals surface area contributed by atoms with Gasteiger partial charge in [0.25, 0.3) is 5.91 Å². The number of nitrogens with zero attached hydrogens (tertiary/aromatic N) is 1. The fourth-order valence-electron chi connectivity index (χ4n) is 4.08. The Morgan fingerprint density at radius 1 is 1.13 bits per heavy atom. The van der Waals surface area contributed by atoms with E-state index in [0.717, 1.165) is 44.3 Å². The zero-order valence-electron chi connectivity index (χ0n) is 17.9. The lowest BCUT2D eigenvalue weighted by Gasteiger charge is -2.29. The van der Waals surface area contributed by atoms with Gasteiger partial charge < -0.3 is 24.6 Å². The van der Waals surface area contributed by atoms with Gasteiger partial charge in [-0.3, -0.25) is 4.79 Å². The van der Waals surface area contributed by atoms with Crippen LogP contribution >= 0.6 is 0 Å². The van der Waals surface area contributed by atoms with Crippen molar-refractivity contribution in [2.45, 2.75) is 38.4 Å². The van der Waals surface area contributed by atoms with Crippen molar-refractivity contribution in [3.63, 3.8) is 0 Å². The van der Waals surface area contributed by atoms with Crippen LogP contribution in [-0.4, -0.2) is 51.4 Å². The Morgan fingerprint density at radius 3 is 2.40 bits per heavy atom. The molecule has 4 rings (SSSR count). The second-order valence-electron chi connectivity index (χ2n) is 8.23. The van der Waals surface area contributed by atoms with Crippen LogP contribution in [0.1, 0.15) is 25.3 Å². The number of nitrogens with one attached hydrogen (secondary N) is 2. The average Bonchev–Trinajstić information content (AvgIpc) is 3.64. The van der Waals surface area contributed by atoms with E-state index in [2.05, 4.69) is 34.5 Å². The summed E-state index contributed by atoms with van der Waals surface area (Å²) in [4.78, 5) is 16.6. The number of anilines is 2. The molecule has 30 heavy (non-hydrogen) atoms. The van der Waals surface area contributed by atoms with Gasteiger partial charge in [-0.25, -0.2) is 0 Å². The smallest absolute Gasteiger partial charge is 0.282 e. The van der Waals surface area contributed by atoms with Crippen molar-refractivity contribution in [2.75, 3.05) is 43.6 Å². The maximum Gasteiger partial charge on any atom is 0.282 e. The molecule has 1 amide bonds. The number of benzene rings is 2. The van der Waals surface area contributed by atoms with E-state index in [4.69, 9.17) is 9.47 Å². The molecule has 2 N–H and O–H groups in total. The summed E-state index contributed by atoms with van der Waals surface area (Å²) in [6.45, 7) is 6.24. The molecule has 160 valence electrons. The molecule has 2 atom stereocenters. The van der Waals surface area contributed by atoms with E-state index in [1.54, 1.807) is 7.11 Å². The summed E-state index contributed by atoms with van der Waals surface area (Å²) in [5.41, 5.74) is 3.25. The topological polar surface area (TPSA) is 55.2 Å². The van der Waals surface area contributed by atoms with Crippen molar-refractivity contribution in [1.29, 1.82) is 0 Å². The molecule has 1 heterocycles. The summed E-state index contributed by atoms with van der Waals surface area (Å²) in [5, 5.41) is 3.12. The minimum atomic E-state index is -0.112. The Kier molecular flexibility index (Phi) is 6.55. The number of carbonyl (C=O) groups is 1. The van der Waals surface area contributed by atoms with Crippen LogP contribution in [-0.2, 0) is 16.1 Å². The van der Waals surface area contributed by atoms with E-state index >= 15 is 0 Å². The first-order valence-corrected chi connectivity index (χ1v) is 10.9. The molecule has 0 radical (unpaired) electrons. The standard InChI is InChI=1S/C24H31N3O3/c1-18(27(22-9-10-22)17-19-3-11-23(29-2)12-4-19)24(28)25-20-5-7-21(8-6-20)26-13-15-30-16-14-26/h3-8,11-12,18,22H,9-10,13-17H2,1-2H3,(H,25,28)/p+1/t18-/m0/s1. The van der Waals surface area contributed by atoms with E-state index in [0.29, 0.717) is 6.04 Å². The lowest BCUT2D eigenvalue weighted by molar-refractivity contribution is -0.938. The first-order chi connectivity index (χ1) is 14.6. The second-order valence-corrected chi connectivity index (χ2v) is 8.23. The van der Waals surface area contributed by atoms with Gasteiger partial charge in [-0.1, -0.05) is 0 Å². The number of amides is 1. The summed E-state index contributed by atoms with van der Waals surface area (Å²) in [6.07, 6.45) is 2.38. The fraction of sp³-hybridized carbons (Fsp3) is 0.458. The molecule has 2 fully saturated rings. The quantitative estimate of drug-likeness (QED) is 0.700. The normalized spacial score (nSPS) is 18.5. The Hall–Kier alpha value is -2.57. The highest BCUT2D eigenvalue weighted by Gasteiger charge is 2.39. The zero-order chi connectivity index (χ0) is 20.9. The molecule has 2 aromatic rings. The third-order valence-corrected chi connectivity index (χ3v) is 6.13. The lowest BCUT2D eigenvalue weighted by Crippen LogP contribution is -3.16. The van der Waals surface area contributed by atoms with Crippen molar-refractivity contribution in [1.82, 2.24) is 0 Å². The molecule has 0 aromatic heterocycles. The highest BCUT2D eigenvalue weighted by atomic mass is 16.5. The molecule has 1 saturated heterocycles. The number of methoxy groups -OCH3 is 1. The van der Waals surface area contributed by atoms with Crippen LogP contribution < -0.4 is 19.9 Å². The average molecular weight is 411 g/mol. The van der Waals surface area contributed by atoms with Crippen LogP contribution in [0.4, 0.5) is 11.4 Å². The highest BCUT2D eigenvalue weighted by molar-refractivity contribution is 5.93. The summed E-state index contributed by atoms with van der Waals surface area (Å²) < 4.78 is 10.7. The predicted molar refractivity (Wildman–Crippen MR) is 118 cm³/mol. The lowest BCUT2D eigenvalue weighted by atomic mass is 10.1. The maximum atomic E-state index is 13.0. The number of ether oxygens (including phenoxy) is 2. The molecule has 6 nitrogen and oxygen atoms in total. The summed E-state index contributed by atoms with van der Waals surface area (Å²) in [7, 11) is 1.68. The van der Waals surface area contributed by atoms with Gasteiger partial charge in [0.05, 0.1) is 26.4 Å². The molecular formula is C24H32N3O3+. The Labute approximate surface area is 178 Å². The van der Waals surface area contributed by atoms with Crippen LogP contribution in [0, 0.1) is 0 Å². The van der Waals surface area contributed by atoms with Crippen LogP contribution in [0.2, 0.25) is 0 Å². The van der Waals surface area contributed by atoms with Crippen LogP contribution in [0.25, 0.3) is 0 Å². The first kappa shape index (κ1) is 20.7. The molecule has 1 aliphatic heterocycles. The van der Waals surface area contributed by atoms with Gasteiger partial charge in [-0.05, 0) is 55.5 Å².